The second kappa shape index (κ2) is 5.83. The van der Waals surface area contributed by atoms with Gasteiger partial charge in [-0.3, -0.25) is 0 Å². The topological polar surface area (TPSA) is 12.0 Å². The Morgan fingerprint density at radius 2 is 2.13 bits per heavy atom. The molecule has 0 heterocycles. The minimum absolute atomic E-state index is 0.164. The molecule has 0 saturated carbocycles. The predicted octanol–water partition coefficient (Wildman–Crippen LogP) is 3.78. The molecule has 0 atom stereocenters. The molecule has 1 rings (SSSR count). The fourth-order valence-corrected chi connectivity index (χ4v) is 1.75. The Bertz CT molecular complexity index is 342. The molecule has 0 aromatic heterocycles. The first-order valence-corrected chi connectivity index (χ1v) is 6.05. The number of hydrogen-bond donors (Lipinski definition) is 1. The third-order valence-electron chi connectivity index (χ3n) is 2.06. The highest BCUT2D eigenvalue weighted by atomic mass is 79.9. The highest BCUT2D eigenvalue weighted by Crippen LogP contribution is 2.27. The molecule has 0 unspecified atom stereocenters. The Labute approximate surface area is 103 Å². The number of rotatable bonds is 4. The zero-order valence-electron chi connectivity index (χ0n) is 8.78. The molecular weight excluding hydrogens is 280 g/mol. The molecule has 1 N–H and O–H groups in total. The van der Waals surface area contributed by atoms with E-state index < -0.39 is 0 Å². The van der Waals surface area contributed by atoms with Crippen molar-refractivity contribution in [1.82, 2.24) is 5.32 Å². The zero-order chi connectivity index (χ0) is 11.4. The molecule has 84 valence electrons. The molecule has 15 heavy (non-hydrogen) atoms. The van der Waals surface area contributed by atoms with E-state index in [9.17, 15) is 4.39 Å². The zero-order valence-corrected chi connectivity index (χ0v) is 11.1. The van der Waals surface area contributed by atoms with Crippen molar-refractivity contribution in [3.05, 3.63) is 33.0 Å². The van der Waals surface area contributed by atoms with Crippen LogP contribution >= 0.6 is 27.5 Å². The van der Waals surface area contributed by atoms with Crippen LogP contribution in [0.15, 0.2) is 16.6 Å². The summed E-state index contributed by atoms with van der Waals surface area (Å²) in [6.07, 6.45) is 0.650. The lowest BCUT2D eigenvalue weighted by molar-refractivity contribution is 0.568. The summed E-state index contributed by atoms with van der Waals surface area (Å²) < 4.78 is 14.2. The van der Waals surface area contributed by atoms with E-state index in [-0.39, 0.29) is 10.8 Å². The minimum atomic E-state index is -0.323. The standard InChI is InChI=1S/C11H14BrClFN/c1-7(2)15-6-5-8-3-4-9(12)10(13)11(8)14/h3-4,7,15H,5-6H2,1-2H3. The average Bonchev–Trinajstić information content (AvgIpc) is 2.18. The third-order valence-corrected chi connectivity index (χ3v) is 3.32. The van der Waals surface area contributed by atoms with Gasteiger partial charge in [-0.05, 0) is 40.5 Å². The maximum Gasteiger partial charge on any atom is 0.146 e. The van der Waals surface area contributed by atoms with Crippen LogP contribution in [-0.4, -0.2) is 12.6 Å². The summed E-state index contributed by atoms with van der Waals surface area (Å²) in [7, 11) is 0. The molecule has 0 aliphatic rings. The van der Waals surface area contributed by atoms with Gasteiger partial charge in [0.15, 0.2) is 0 Å². The molecule has 0 amide bonds. The van der Waals surface area contributed by atoms with Gasteiger partial charge in [-0.15, -0.1) is 0 Å². The van der Waals surface area contributed by atoms with E-state index in [1.807, 2.05) is 0 Å². The number of benzene rings is 1. The molecule has 1 nitrogen and oxygen atoms in total. The predicted molar refractivity (Wildman–Crippen MR) is 66.0 cm³/mol. The van der Waals surface area contributed by atoms with Crippen molar-refractivity contribution in [3.63, 3.8) is 0 Å². The molecular formula is C11H14BrClFN. The van der Waals surface area contributed by atoms with Crippen LogP contribution in [0.3, 0.4) is 0 Å². The van der Waals surface area contributed by atoms with Gasteiger partial charge in [0.1, 0.15) is 5.82 Å². The van der Waals surface area contributed by atoms with Crippen LogP contribution in [0.2, 0.25) is 5.02 Å². The quantitative estimate of drug-likeness (QED) is 0.833. The first kappa shape index (κ1) is 12.9. The highest BCUT2D eigenvalue weighted by Gasteiger charge is 2.09. The summed E-state index contributed by atoms with van der Waals surface area (Å²) in [6, 6.07) is 3.95. The van der Waals surface area contributed by atoms with Crippen molar-refractivity contribution >= 4 is 27.5 Å². The van der Waals surface area contributed by atoms with Crippen molar-refractivity contribution in [2.75, 3.05) is 6.54 Å². The van der Waals surface area contributed by atoms with E-state index in [0.29, 0.717) is 22.5 Å². The largest absolute Gasteiger partial charge is 0.314 e. The molecule has 1 aromatic carbocycles. The second-order valence-electron chi connectivity index (χ2n) is 3.69. The van der Waals surface area contributed by atoms with E-state index >= 15 is 0 Å². The fraction of sp³-hybridized carbons (Fsp3) is 0.455. The maximum absolute atomic E-state index is 13.6. The fourth-order valence-electron chi connectivity index (χ4n) is 1.25. The van der Waals surface area contributed by atoms with Crippen LogP contribution in [0, 0.1) is 5.82 Å². The summed E-state index contributed by atoms with van der Waals surface area (Å²) in [5.41, 5.74) is 0.649. The smallest absolute Gasteiger partial charge is 0.146 e. The lowest BCUT2D eigenvalue weighted by Gasteiger charge is -2.09. The van der Waals surface area contributed by atoms with Gasteiger partial charge in [0.25, 0.3) is 0 Å². The van der Waals surface area contributed by atoms with Gasteiger partial charge in [-0.2, -0.15) is 0 Å². The third kappa shape index (κ3) is 3.74. The Morgan fingerprint density at radius 3 is 2.73 bits per heavy atom. The first-order chi connectivity index (χ1) is 7.02. The van der Waals surface area contributed by atoms with E-state index in [0.717, 1.165) is 6.54 Å². The van der Waals surface area contributed by atoms with E-state index in [1.165, 1.54) is 0 Å². The van der Waals surface area contributed by atoms with Gasteiger partial charge in [-0.1, -0.05) is 31.5 Å². The molecule has 0 radical (unpaired) electrons. The van der Waals surface area contributed by atoms with Crippen LogP contribution in [0.4, 0.5) is 4.39 Å². The van der Waals surface area contributed by atoms with E-state index in [4.69, 9.17) is 11.6 Å². The van der Waals surface area contributed by atoms with Crippen LogP contribution in [0.25, 0.3) is 0 Å². The lowest BCUT2D eigenvalue weighted by atomic mass is 10.1. The van der Waals surface area contributed by atoms with E-state index in [1.54, 1.807) is 12.1 Å². The Hall–Kier alpha value is -0.120. The van der Waals surface area contributed by atoms with Gasteiger partial charge in [0.05, 0.1) is 5.02 Å². The summed E-state index contributed by atoms with van der Waals surface area (Å²) in [6.45, 7) is 4.88. The van der Waals surface area contributed by atoms with Gasteiger partial charge >= 0.3 is 0 Å². The molecule has 0 spiro atoms. The molecule has 0 fully saturated rings. The average molecular weight is 295 g/mol. The Balaban J connectivity index is 2.66. The summed E-state index contributed by atoms with van der Waals surface area (Å²) >= 11 is 8.97. The monoisotopic (exact) mass is 293 g/mol. The molecule has 4 heteroatoms. The Kier molecular flexibility index (Phi) is 5.03. The SMILES string of the molecule is CC(C)NCCc1ccc(Br)c(Cl)c1F. The van der Waals surface area contributed by atoms with Crippen LogP contribution < -0.4 is 5.32 Å². The summed E-state index contributed by atoms with van der Waals surface area (Å²) in [4.78, 5) is 0. The van der Waals surface area contributed by atoms with Gasteiger partial charge in [-0.25, -0.2) is 4.39 Å². The van der Waals surface area contributed by atoms with Crippen molar-refractivity contribution < 1.29 is 4.39 Å². The highest BCUT2D eigenvalue weighted by molar-refractivity contribution is 9.10. The lowest BCUT2D eigenvalue weighted by Crippen LogP contribution is -2.25. The van der Waals surface area contributed by atoms with E-state index in [2.05, 4.69) is 35.1 Å². The number of nitrogens with one attached hydrogen (secondary N) is 1. The Morgan fingerprint density at radius 1 is 1.47 bits per heavy atom. The van der Waals surface area contributed by atoms with Gasteiger partial charge in [0.2, 0.25) is 0 Å². The van der Waals surface area contributed by atoms with Gasteiger partial charge < -0.3 is 5.32 Å². The summed E-state index contributed by atoms with van der Waals surface area (Å²) in [5.74, 6) is -0.323. The van der Waals surface area contributed by atoms with Crippen LogP contribution in [-0.2, 0) is 6.42 Å². The first-order valence-electron chi connectivity index (χ1n) is 4.88. The van der Waals surface area contributed by atoms with Crippen LogP contribution in [0.1, 0.15) is 19.4 Å². The van der Waals surface area contributed by atoms with Gasteiger partial charge in [0, 0.05) is 10.5 Å². The normalized spacial score (nSPS) is 11.1. The van der Waals surface area contributed by atoms with Crippen molar-refractivity contribution in [3.8, 4) is 0 Å². The van der Waals surface area contributed by atoms with Crippen molar-refractivity contribution in [1.29, 1.82) is 0 Å². The van der Waals surface area contributed by atoms with Crippen LogP contribution in [0.5, 0.6) is 0 Å². The van der Waals surface area contributed by atoms with Crippen molar-refractivity contribution in [2.45, 2.75) is 26.3 Å². The summed E-state index contributed by atoms with van der Waals surface area (Å²) in [5, 5.41) is 3.40. The molecule has 1 aromatic rings. The minimum Gasteiger partial charge on any atom is -0.314 e. The number of hydrogen-bond acceptors (Lipinski definition) is 1. The second-order valence-corrected chi connectivity index (χ2v) is 4.93. The molecule has 0 aliphatic carbocycles. The molecule has 0 bridgehead atoms. The maximum atomic E-state index is 13.6. The van der Waals surface area contributed by atoms with Crippen molar-refractivity contribution in [2.24, 2.45) is 0 Å². The molecule has 0 saturated heterocycles. The molecule has 0 aliphatic heterocycles. The number of halogens is 3.